The van der Waals surface area contributed by atoms with Gasteiger partial charge in [-0.15, -0.1) is 0 Å². The summed E-state index contributed by atoms with van der Waals surface area (Å²) in [5.74, 6) is 0. The number of hydrogen-bond acceptors (Lipinski definition) is 0. The van der Waals surface area contributed by atoms with Crippen molar-refractivity contribution in [2.45, 2.75) is 0 Å². The van der Waals surface area contributed by atoms with Gasteiger partial charge in [0.05, 0.1) is 0 Å². The van der Waals surface area contributed by atoms with Crippen LogP contribution in [-0.2, 0) is 17.1 Å². The summed E-state index contributed by atoms with van der Waals surface area (Å²) in [7, 11) is 0. The van der Waals surface area contributed by atoms with E-state index in [9.17, 15) is 0 Å². The maximum absolute atomic E-state index is 3.25. The SMILES string of the molecule is C=C[CH2-].C=C[CH2-].[Fe+2]. The molecule has 0 unspecified atom stereocenters. The molecule has 0 N–H and O–H groups in total. The fraction of sp³-hybridized carbons (Fsp3) is 0. The van der Waals surface area contributed by atoms with E-state index in [1.54, 1.807) is 0 Å². The maximum atomic E-state index is 3.25. The average molecular weight is 138 g/mol. The molecule has 0 aliphatic heterocycles. The van der Waals surface area contributed by atoms with E-state index in [4.69, 9.17) is 0 Å². The summed E-state index contributed by atoms with van der Waals surface area (Å²) in [5, 5.41) is 0. The van der Waals surface area contributed by atoms with Crippen LogP contribution in [0.15, 0.2) is 25.3 Å². The molecule has 0 saturated carbocycles. The fourth-order valence-electron chi connectivity index (χ4n) is 0. The molecule has 0 fully saturated rings. The molecule has 0 aromatic rings. The monoisotopic (exact) mass is 138 g/mol. The second-order valence-electron chi connectivity index (χ2n) is 0.577. The maximum Gasteiger partial charge on any atom is 2.00 e. The molecule has 0 rings (SSSR count). The summed E-state index contributed by atoms with van der Waals surface area (Å²) in [6.45, 7) is 13.0. The molecule has 0 amide bonds. The van der Waals surface area contributed by atoms with Crippen LogP contribution in [0.5, 0.6) is 0 Å². The van der Waals surface area contributed by atoms with Gasteiger partial charge in [0.2, 0.25) is 0 Å². The van der Waals surface area contributed by atoms with Crippen molar-refractivity contribution in [1.29, 1.82) is 0 Å². The Balaban J connectivity index is -0.0000000400. The van der Waals surface area contributed by atoms with E-state index in [1.165, 1.54) is 12.2 Å². The Morgan fingerprint density at radius 1 is 1.00 bits per heavy atom. The minimum Gasteiger partial charge on any atom is -0.245 e. The van der Waals surface area contributed by atoms with Crippen molar-refractivity contribution in [3.05, 3.63) is 39.2 Å². The minimum atomic E-state index is 0. The van der Waals surface area contributed by atoms with Crippen molar-refractivity contribution in [1.82, 2.24) is 0 Å². The molecule has 0 heterocycles. The van der Waals surface area contributed by atoms with E-state index >= 15 is 0 Å². The summed E-state index contributed by atoms with van der Waals surface area (Å²) in [5.41, 5.74) is 0. The van der Waals surface area contributed by atoms with E-state index in [0.717, 1.165) is 0 Å². The molecule has 0 saturated heterocycles. The average Bonchev–Trinajstić information content (AvgIpc) is 1.39. The largest absolute Gasteiger partial charge is 2.00 e. The molecule has 7 heavy (non-hydrogen) atoms. The normalized spacial score (nSPS) is 3.43. The van der Waals surface area contributed by atoms with E-state index in [1.807, 2.05) is 0 Å². The van der Waals surface area contributed by atoms with Crippen LogP contribution in [0.3, 0.4) is 0 Å². The Labute approximate surface area is 56.8 Å². The molecular weight excluding hydrogens is 128 g/mol. The first-order chi connectivity index (χ1) is 2.83. The topological polar surface area (TPSA) is 0 Å². The first kappa shape index (κ1) is 15.9. The molecule has 42 valence electrons. The van der Waals surface area contributed by atoms with Gasteiger partial charge in [0, 0.05) is 0 Å². The van der Waals surface area contributed by atoms with Crippen molar-refractivity contribution in [2.75, 3.05) is 0 Å². The van der Waals surface area contributed by atoms with Crippen LogP contribution >= 0.6 is 0 Å². The minimum absolute atomic E-state index is 0. The summed E-state index contributed by atoms with van der Waals surface area (Å²) in [6.07, 6.45) is 3.00. The third-order valence-electron chi connectivity index (χ3n) is 0. The third-order valence-corrected chi connectivity index (χ3v) is 0. The van der Waals surface area contributed by atoms with Gasteiger partial charge in [0.25, 0.3) is 0 Å². The van der Waals surface area contributed by atoms with E-state index in [2.05, 4.69) is 27.0 Å². The molecule has 1 heteroatoms. The Morgan fingerprint density at radius 3 is 1.00 bits per heavy atom. The van der Waals surface area contributed by atoms with Crippen molar-refractivity contribution in [3.8, 4) is 0 Å². The van der Waals surface area contributed by atoms with Gasteiger partial charge in [-0.2, -0.15) is 0 Å². The summed E-state index contributed by atoms with van der Waals surface area (Å²) in [6, 6.07) is 0. The summed E-state index contributed by atoms with van der Waals surface area (Å²) >= 11 is 0. The second-order valence-corrected chi connectivity index (χ2v) is 0.577. The van der Waals surface area contributed by atoms with E-state index in [0.29, 0.717) is 0 Å². The van der Waals surface area contributed by atoms with Crippen LogP contribution in [0, 0.1) is 13.8 Å². The molecule has 0 nitrogen and oxygen atoms in total. The zero-order valence-corrected chi connectivity index (χ0v) is 5.44. The first-order valence-corrected chi connectivity index (χ1v) is 1.63. The van der Waals surface area contributed by atoms with Gasteiger partial charge in [-0.3, -0.25) is 0 Å². The summed E-state index contributed by atoms with van der Waals surface area (Å²) in [4.78, 5) is 0. The van der Waals surface area contributed by atoms with Gasteiger partial charge in [-0.25, -0.2) is 39.2 Å². The second kappa shape index (κ2) is 42.6. The zero-order valence-electron chi connectivity index (χ0n) is 4.34. The first-order valence-electron chi connectivity index (χ1n) is 1.63. The smallest absolute Gasteiger partial charge is 0.245 e. The Kier molecular flexibility index (Phi) is 96.6. The number of hydrogen-bond donors (Lipinski definition) is 0. The molecule has 0 aliphatic rings. The molecule has 0 aliphatic carbocycles. The van der Waals surface area contributed by atoms with Gasteiger partial charge < -0.3 is 0 Å². The van der Waals surface area contributed by atoms with Crippen LogP contribution in [0.4, 0.5) is 0 Å². The van der Waals surface area contributed by atoms with Crippen LogP contribution in [0.25, 0.3) is 0 Å². The number of allylic oxidation sites excluding steroid dienone is 2. The zero-order chi connectivity index (χ0) is 5.41. The van der Waals surface area contributed by atoms with Gasteiger partial charge in [-0.05, 0) is 0 Å². The van der Waals surface area contributed by atoms with Crippen LogP contribution < -0.4 is 0 Å². The van der Waals surface area contributed by atoms with Gasteiger partial charge in [0.15, 0.2) is 0 Å². The Morgan fingerprint density at radius 2 is 1.00 bits per heavy atom. The molecule has 0 radical (unpaired) electrons. The molecule has 0 aromatic carbocycles. The standard InChI is InChI=1S/2C3H5.Fe/c2*1-3-2;/h2*3H,1-2H2;/q2*-1;+2. The predicted octanol–water partition coefficient (Wildman–Crippen LogP) is 2.01. The van der Waals surface area contributed by atoms with Crippen molar-refractivity contribution >= 4 is 0 Å². The summed E-state index contributed by atoms with van der Waals surface area (Å²) < 4.78 is 0. The van der Waals surface area contributed by atoms with Crippen molar-refractivity contribution in [2.24, 2.45) is 0 Å². The van der Waals surface area contributed by atoms with Gasteiger partial charge >= 0.3 is 17.1 Å². The Hall–Kier alpha value is -0.261. The Bertz CT molecular complexity index is 25.2. The van der Waals surface area contributed by atoms with Crippen molar-refractivity contribution in [3.63, 3.8) is 0 Å². The van der Waals surface area contributed by atoms with Gasteiger partial charge in [0.1, 0.15) is 0 Å². The molecule has 0 atom stereocenters. The quantitative estimate of drug-likeness (QED) is 0.354. The molecule has 0 bridgehead atoms. The van der Waals surface area contributed by atoms with E-state index in [-0.39, 0.29) is 17.1 Å². The fourth-order valence-corrected chi connectivity index (χ4v) is 0. The molecular formula is C6H10Fe. The van der Waals surface area contributed by atoms with Crippen LogP contribution in [0.2, 0.25) is 0 Å². The van der Waals surface area contributed by atoms with Crippen molar-refractivity contribution < 1.29 is 17.1 Å². The van der Waals surface area contributed by atoms with Crippen LogP contribution in [0.1, 0.15) is 0 Å². The van der Waals surface area contributed by atoms with E-state index < -0.39 is 0 Å². The molecule has 0 spiro atoms. The molecule has 0 aromatic heterocycles. The van der Waals surface area contributed by atoms with Crippen LogP contribution in [-0.4, -0.2) is 0 Å². The third kappa shape index (κ3) is 1180. The number of rotatable bonds is 0. The predicted molar refractivity (Wildman–Crippen MR) is 31.1 cm³/mol. The van der Waals surface area contributed by atoms with Gasteiger partial charge in [-0.1, -0.05) is 0 Å².